The highest BCUT2D eigenvalue weighted by atomic mass is 32.2. The molecule has 0 spiro atoms. The topological polar surface area (TPSA) is 75.9 Å². The number of nitrogens with two attached hydrogens (primary N) is 1. The zero-order chi connectivity index (χ0) is 14.6. The zero-order valence-corrected chi connectivity index (χ0v) is 12.5. The number of benzene rings is 1. The third kappa shape index (κ3) is 4.09. The van der Waals surface area contributed by atoms with E-state index in [9.17, 15) is 8.42 Å². The van der Waals surface area contributed by atoms with Gasteiger partial charge in [-0.2, -0.15) is 4.31 Å². The van der Waals surface area contributed by atoms with Gasteiger partial charge < -0.3 is 10.5 Å². The van der Waals surface area contributed by atoms with Gasteiger partial charge in [-0.15, -0.1) is 0 Å². The number of hydrogen-bond acceptors (Lipinski definition) is 5. The fraction of sp³-hybridized carbons (Fsp3) is 0.538. The summed E-state index contributed by atoms with van der Waals surface area (Å²) in [7, 11) is -3.06. The van der Waals surface area contributed by atoms with Crippen molar-refractivity contribution in [3.63, 3.8) is 0 Å². The van der Waals surface area contributed by atoms with Crippen molar-refractivity contribution in [2.75, 3.05) is 51.3 Å². The molecule has 1 aromatic carbocycles. The smallest absolute Gasteiger partial charge is 0.211 e. The predicted molar refractivity (Wildman–Crippen MR) is 79.2 cm³/mol. The van der Waals surface area contributed by atoms with Gasteiger partial charge in [0.2, 0.25) is 10.0 Å². The van der Waals surface area contributed by atoms with Crippen molar-refractivity contribution < 1.29 is 13.2 Å². The van der Waals surface area contributed by atoms with Crippen LogP contribution in [0.5, 0.6) is 5.75 Å². The molecule has 0 saturated carbocycles. The average Bonchev–Trinajstić information content (AvgIpc) is 2.40. The molecule has 1 heterocycles. The number of nitrogen functional groups attached to an aromatic ring is 1. The van der Waals surface area contributed by atoms with Crippen LogP contribution in [0.4, 0.5) is 5.69 Å². The predicted octanol–water partition coefficient (Wildman–Crippen LogP) is 0.225. The lowest BCUT2D eigenvalue weighted by molar-refractivity contribution is 0.159. The summed E-state index contributed by atoms with van der Waals surface area (Å²) in [5, 5.41) is 0. The van der Waals surface area contributed by atoms with Crippen LogP contribution in [0.1, 0.15) is 0 Å². The summed E-state index contributed by atoms with van der Waals surface area (Å²) in [6.07, 6.45) is 1.25. The van der Waals surface area contributed by atoms with Gasteiger partial charge in [0.1, 0.15) is 12.4 Å². The maximum atomic E-state index is 11.4. The van der Waals surface area contributed by atoms with E-state index in [4.69, 9.17) is 10.5 Å². The Bertz CT molecular complexity index is 540. The first-order valence-electron chi connectivity index (χ1n) is 6.61. The molecule has 0 amide bonds. The Morgan fingerprint density at radius 3 is 2.45 bits per heavy atom. The first-order chi connectivity index (χ1) is 9.47. The molecule has 1 fully saturated rings. The lowest BCUT2D eigenvalue weighted by Gasteiger charge is -2.33. The van der Waals surface area contributed by atoms with Crippen LogP contribution < -0.4 is 10.5 Å². The van der Waals surface area contributed by atoms with E-state index in [1.807, 2.05) is 18.2 Å². The number of nitrogens with zero attached hydrogens (tertiary/aromatic N) is 2. The van der Waals surface area contributed by atoms with Gasteiger partial charge in [0.15, 0.2) is 0 Å². The molecule has 2 N–H and O–H groups in total. The molecule has 1 aromatic rings. The van der Waals surface area contributed by atoms with Gasteiger partial charge >= 0.3 is 0 Å². The number of para-hydroxylation sites is 2. The van der Waals surface area contributed by atoms with Crippen molar-refractivity contribution in [1.82, 2.24) is 9.21 Å². The van der Waals surface area contributed by atoms with Gasteiger partial charge in [0.05, 0.1) is 11.9 Å². The summed E-state index contributed by atoms with van der Waals surface area (Å²) in [4.78, 5) is 2.20. The van der Waals surface area contributed by atoms with Crippen LogP contribution in [0.3, 0.4) is 0 Å². The van der Waals surface area contributed by atoms with Gasteiger partial charge in [-0.05, 0) is 12.1 Å². The number of rotatable bonds is 5. The highest BCUT2D eigenvalue weighted by Gasteiger charge is 2.22. The second-order valence-electron chi connectivity index (χ2n) is 4.89. The van der Waals surface area contributed by atoms with Crippen molar-refractivity contribution in [2.45, 2.75) is 0 Å². The molecule has 1 saturated heterocycles. The second-order valence-corrected chi connectivity index (χ2v) is 6.87. The maximum Gasteiger partial charge on any atom is 0.211 e. The summed E-state index contributed by atoms with van der Waals surface area (Å²) in [6.45, 7) is 3.89. The molecule has 0 unspecified atom stereocenters. The molecule has 20 heavy (non-hydrogen) atoms. The van der Waals surface area contributed by atoms with E-state index in [2.05, 4.69) is 4.90 Å². The van der Waals surface area contributed by atoms with Gasteiger partial charge in [-0.25, -0.2) is 8.42 Å². The number of anilines is 1. The third-order valence-electron chi connectivity index (χ3n) is 3.38. The van der Waals surface area contributed by atoms with Crippen LogP contribution in [0.15, 0.2) is 24.3 Å². The first-order valence-corrected chi connectivity index (χ1v) is 8.46. The SMILES string of the molecule is CS(=O)(=O)N1CCN(CCOc2ccccc2N)CC1. The molecule has 6 nitrogen and oxygen atoms in total. The molecule has 112 valence electrons. The van der Waals surface area contributed by atoms with Crippen LogP contribution >= 0.6 is 0 Å². The Labute approximate surface area is 120 Å². The summed E-state index contributed by atoms with van der Waals surface area (Å²) >= 11 is 0. The molecule has 1 aliphatic rings. The molecule has 7 heteroatoms. The van der Waals surface area contributed by atoms with Crippen molar-refractivity contribution in [1.29, 1.82) is 0 Å². The highest BCUT2D eigenvalue weighted by Crippen LogP contribution is 2.19. The van der Waals surface area contributed by atoms with E-state index in [0.29, 0.717) is 31.1 Å². The van der Waals surface area contributed by atoms with Crippen LogP contribution in [0.25, 0.3) is 0 Å². The van der Waals surface area contributed by atoms with E-state index in [1.54, 1.807) is 6.07 Å². The molecule has 0 aliphatic carbocycles. The quantitative estimate of drug-likeness (QED) is 0.788. The summed E-state index contributed by atoms with van der Waals surface area (Å²) in [5.41, 5.74) is 6.43. The molecule has 0 radical (unpaired) electrons. The summed E-state index contributed by atoms with van der Waals surface area (Å²) in [5.74, 6) is 0.697. The van der Waals surface area contributed by atoms with Crippen LogP contribution in [-0.4, -0.2) is 63.2 Å². The fourth-order valence-corrected chi connectivity index (χ4v) is 3.01. The van der Waals surface area contributed by atoms with E-state index >= 15 is 0 Å². The van der Waals surface area contributed by atoms with Gasteiger partial charge in [-0.1, -0.05) is 12.1 Å². The third-order valence-corrected chi connectivity index (χ3v) is 4.69. The van der Waals surface area contributed by atoms with Gasteiger partial charge in [-0.3, -0.25) is 4.90 Å². The van der Waals surface area contributed by atoms with E-state index < -0.39 is 10.0 Å². The molecule has 0 bridgehead atoms. The van der Waals surface area contributed by atoms with Crippen LogP contribution in [0.2, 0.25) is 0 Å². The molecule has 2 rings (SSSR count). The lowest BCUT2D eigenvalue weighted by atomic mass is 10.3. The molecule has 0 aromatic heterocycles. The second kappa shape index (κ2) is 6.43. The van der Waals surface area contributed by atoms with E-state index in [-0.39, 0.29) is 0 Å². The average molecular weight is 299 g/mol. The Morgan fingerprint density at radius 2 is 1.85 bits per heavy atom. The van der Waals surface area contributed by atoms with E-state index in [1.165, 1.54) is 10.6 Å². The van der Waals surface area contributed by atoms with Crippen molar-refractivity contribution in [3.05, 3.63) is 24.3 Å². The fourth-order valence-electron chi connectivity index (χ4n) is 2.18. The number of piperazine rings is 1. The molecule has 1 aliphatic heterocycles. The normalized spacial score (nSPS) is 18.1. The number of ether oxygens (including phenoxy) is 1. The molecular formula is C13H21N3O3S. The minimum Gasteiger partial charge on any atom is -0.490 e. The Kier molecular flexibility index (Phi) is 4.85. The van der Waals surface area contributed by atoms with Gasteiger partial charge in [0, 0.05) is 32.7 Å². The van der Waals surface area contributed by atoms with Crippen molar-refractivity contribution >= 4 is 15.7 Å². The number of hydrogen-bond donors (Lipinski definition) is 1. The minimum absolute atomic E-state index is 0.548. The minimum atomic E-state index is -3.06. The maximum absolute atomic E-state index is 11.4. The molecular weight excluding hydrogens is 278 g/mol. The zero-order valence-electron chi connectivity index (χ0n) is 11.7. The van der Waals surface area contributed by atoms with Crippen molar-refractivity contribution in [3.8, 4) is 5.75 Å². The lowest BCUT2D eigenvalue weighted by Crippen LogP contribution is -2.49. The van der Waals surface area contributed by atoms with Crippen molar-refractivity contribution in [2.24, 2.45) is 0 Å². The monoisotopic (exact) mass is 299 g/mol. The largest absolute Gasteiger partial charge is 0.490 e. The van der Waals surface area contributed by atoms with E-state index in [0.717, 1.165) is 19.6 Å². The first kappa shape index (κ1) is 15.1. The summed E-state index contributed by atoms with van der Waals surface area (Å²) in [6, 6.07) is 7.40. The summed E-state index contributed by atoms with van der Waals surface area (Å²) < 4.78 is 29.9. The Morgan fingerprint density at radius 1 is 1.20 bits per heavy atom. The van der Waals surface area contributed by atoms with Gasteiger partial charge in [0.25, 0.3) is 0 Å². The number of sulfonamides is 1. The van der Waals surface area contributed by atoms with Crippen LogP contribution in [0, 0.1) is 0 Å². The Hall–Kier alpha value is -1.31. The molecule has 0 atom stereocenters. The Balaban J connectivity index is 1.73. The standard InChI is InChI=1S/C13H21N3O3S/c1-20(17,18)16-8-6-15(7-9-16)10-11-19-13-5-3-2-4-12(13)14/h2-5H,6-11,14H2,1H3. The van der Waals surface area contributed by atoms with Crippen LogP contribution in [-0.2, 0) is 10.0 Å². The highest BCUT2D eigenvalue weighted by molar-refractivity contribution is 7.88.